The highest BCUT2D eigenvalue weighted by Gasteiger charge is 2.11. The van der Waals surface area contributed by atoms with Crippen LogP contribution >= 0.6 is 0 Å². The van der Waals surface area contributed by atoms with Gasteiger partial charge in [-0.25, -0.2) is 17.9 Å². The van der Waals surface area contributed by atoms with Gasteiger partial charge in [0.25, 0.3) is 0 Å². The normalized spacial score (nSPS) is 13.4. The van der Waals surface area contributed by atoms with Crippen molar-refractivity contribution in [1.29, 1.82) is 0 Å². The van der Waals surface area contributed by atoms with E-state index in [-0.39, 0.29) is 11.6 Å². The van der Waals surface area contributed by atoms with E-state index < -0.39 is 16.0 Å². The Bertz CT molecular complexity index is 478. The van der Waals surface area contributed by atoms with Gasteiger partial charge >= 0.3 is 5.97 Å². The summed E-state index contributed by atoms with van der Waals surface area (Å²) in [6, 6.07) is 5.69. The minimum atomic E-state index is -3.26. The number of carboxylic acid groups (broad SMARTS) is 1. The zero-order valence-corrected chi connectivity index (χ0v) is 9.78. The molecule has 0 aliphatic rings. The zero-order chi connectivity index (χ0) is 12.3. The van der Waals surface area contributed by atoms with Gasteiger partial charge < -0.3 is 5.11 Å². The molecule has 0 bridgehead atoms. The van der Waals surface area contributed by atoms with Crippen molar-refractivity contribution in [3.8, 4) is 0 Å². The van der Waals surface area contributed by atoms with Gasteiger partial charge in [-0.05, 0) is 24.6 Å². The molecule has 0 radical (unpaired) electrons. The predicted molar refractivity (Wildman–Crippen MR) is 59.8 cm³/mol. The largest absolute Gasteiger partial charge is 0.478 e. The third-order valence-corrected chi connectivity index (χ3v) is 2.83. The molecule has 5 nitrogen and oxygen atoms in total. The Balaban J connectivity index is 2.86. The van der Waals surface area contributed by atoms with E-state index >= 15 is 0 Å². The highest BCUT2D eigenvalue weighted by Crippen LogP contribution is 2.14. The Kier molecular flexibility index (Phi) is 3.66. The molecule has 0 fully saturated rings. The Morgan fingerprint density at radius 1 is 1.31 bits per heavy atom. The van der Waals surface area contributed by atoms with Gasteiger partial charge in [0.1, 0.15) is 0 Å². The fraction of sp³-hybridized carbons (Fsp3) is 0.300. The van der Waals surface area contributed by atoms with Crippen molar-refractivity contribution in [2.45, 2.75) is 13.0 Å². The van der Waals surface area contributed by atoms with Crippen LogP contribution in [0.4, 0.5) is 0 Å². The molecule has 0 aliphatic heterocycles. The van der Waals surface area contributed by atoms with Gasteiger partial charge in [0, 0.05) is 6.04 Å². The number of aromatic carboxylic acids is 1. The van der Waals surface area contributed by atoms with Gasteiger partial charge in [-0.15, -0.1) is 0 Å². The highest BCUT2D eigenvalue weighted by atomic mass is 32.2. The number of carboxylic acids is 1. The zero-order valence-electron chi connectivity index (χ0n) is 8.97. The van der Waals surface area contributed by atoms with Gasteiger partial charge in [-0.1, -0.05) is 12.1 Å². The summed E-state index contributed by atoms with van der Waals surface area (Å²) in [4.78, 5) is 10.6. The topological polar surface area (TPSA) is 83.5 Å². The molecule has 0 saturated carbocycles. The molecule has 16 heavy (non-hydrogen) atoms. The lowest BCUT2D eigenvalue weighted by Gasteiger charge is -2.12. The van der Waals surface area contributed by atoms with E-state index in [1.807, 2.05) is 0 Å². The molecule has 1 aromatic carbocycles. The van der Waals surface area contributed by atoms with Crippen molar-refractivity contribution < 1.29 is 18.3 Å². The van der Waals surface area contributed by atoms with Crippen molar-refractivity contribution in [2.24, 2.45) is 0 Å². The first-order valence-corrected chi connectivity index (χ1v) is 6.49. The van der Waals surface area contributed by atoms with E-state index in [0.29, 0.717) is 0 Å². The second-order valence-electron chi connectivity index (χ2n) is 3.54. The van der Waals surface area contributed by atoms with E-state index in [9.17, 15) is 13.2 Å². The number of sulfonamides is 1. The Morgan fingerprint density at radius 2 is 1.81 bits per heavy atom. The van der Waals surface area contributed by atoms with Crippen LogP contribution in [-0.4, -0.2) is 25.7 Å². The number of hydrogen-bond acceptors (Lipinski definition) is 3. The monoisotopic (exact) mass is 243 g/mol. The lowest BCUT2D eigenvalue weighted by atomic mass is 10.1. The van der Waals surface area contributed by atoms with E-state index in [0.717, 1.165) is 11.8 Å². The number of rotatable bonds is 4. The van der Waals surface area contributed by atoms with E-state index in [4.69, 9.17) is 5.11 Å². The predicted octanol–water partition coefficient (Wildman–Crippen LogP) is 0.995. The molecule has 0 amide bonds. The summed E-state index contributed by atoms with van der Waals surface area (Å²) in [7, 11) is -3.26. The summed E-state index contributed by atoms with van der Waals surface area (Å²) in [5.41, 5.74) is 0.894. The maximum absolute atomic E-state index is 11.0. The molecule has 0 unspecified atom stereocenters. The third kappa shape index (κ3) is 3.63. The highest BCUT2D eigenvalue weighted by molar-refractivity contribution is 7.88. The summed E-state index contributed by atoms with van der Waals surface area (Å²) in [6.45, 7) is 1.69. The smallest absolute Gasteiger partial charge is 0.335 e. The van der Waals surface area contributed by atoms with Crippen molar-refractivity contribution in [3.05, 3.63) is 35.4 Å². The van der Waals surface area contributed by atoms with Crippen LogP contribution in [-0.2, 0) is 10.0 Å². The van der Waals surface area contributed by atoms with E-state index in [1.165, 1.54) is 12.1 Å². The lowest BCUT2D eigenvalue weighted by Crippen LogP contribution is -2.25. The molecule has 6 heteroatoms. The summed E-state index contributed by atoms with van der Waals surface area (Å²) in [6.07, 6.45) is 1.08. The third-order valence-electron chi connectivity index (χ3n) is 2.05. The van der Waals surface area contributed by atoms with Crippen molar-refractivity contribution in [1.82, 2.24) is 4.72 Å². The molecule has 1 rings (SSSR count). The number of benzene rings is 1. The molecule has 0 aliphatic carbocycles. The lowest BCUT2D eigenvalue weighted by molar-refractivity contribution is 0.0697. The van der Waals surface area contributed by atoms with Gasteiger partial charge in [-0.2, -0.15) is 0 Å². The maximum Gasteiger partial charge on any atom is 0.335 e. The molecule has 1 aromatic rings. The first kappa shape index (κ1) is 12.7. The minimum Gasteiger partial charge on any atom is -0.478 e. The van der Waals surface area contributed by atoms with Crippen LogP contribution in [0.3, 0.4) is 0 Å². The van der Waals surface area contributed by atoms with Crippen LogP contribution in [0.25, 0.3) is 0 Å². The SMILES string of the molecule is C[C@H](NS(C)(=O)=O)c1ccc(C(=O)O)cc1. The first-order valence-electron chi connectivity index (χ1n) is 4.60. The Labute approximate surface area is 94.2 Å². The van der Waals surface area contributed by atoms with Gasteiger partial charge in [0.15, 0.2) is 0 Å². The minimum absolute atomic E-state index is 0.176. The average molecular weight is 243 g/mol. The molecule has 88 valence electrons. The van der Waals surface area contributed by atoms with E-state index in [1.54, 1.807) is 19.1 Å². The van der Waals surface area contributed by atoms with Gasteiger partial charge in [-0.3, -0.25) is 0 Å². The van der Waals surface area contributed by atoms with Crippen LogP contribution in [0.15, 0.2) is 24.3 Å². The summed E-state index contributed by atoms with van der Waals surface area (Å²) >= 11 is 0. The van der Waals surface area contributed by atoms with Crippen LogP contribution in [0.1, 0.15) is 28.9 Å². The standard InChI is InChI=1S/C10H13NO4S/c1-7(11-16(2,14)15)8-3-5-9(6-4-8)10(12)13/h3-7,11H,1-2H3,(H,12,13)/t7-/m0/s1. The molecular formula is C10H13NO4S. The average Bonchev–Trinajstić information content (AvgIpc) is 2.15. The second-order valence-corrected chi connectivity index (χ2v) is 5.32. The molecule has 0 aromatic heterocycles. The summed E-state index contributed by atoms with van der Waals surface area (Å²) < 4.78 is 24.4. The number of nitrogens with one attached hydrogen (secondary N) is 1. The van der Waals surface area contributed by atoms with Gasteiger partial charge in [0.05, 0.1) is 11.8 Å². The Morgan fingerprint density at radius 3 is 2.19 bits per heavy atom. The quantitative estimate of drug-likeness (QED) is 0.826. The number of carbonyl (C=O) groups is 1. The number of hydrogen-bond donors (Lipinski definition) is 2. The maximum atomic E-state index is 11.0. The summed E-state index contributed by atoms with van der Waals surface area (Å²) in [5, 5.41) is 8.69. The molecule has 0 spiro atoms. The van der Waals surface area contributed by atoms with Crippen LogP contribution in [0.5, 0.6) is 0 Å². The van der Waals surface area contributed by atoms with Crippen molar-refractivity contribution >= 4 is 16.0 Å². The van der Waals surface area contributed by atoms with Crippen LogP contribution in [0.2, 0.25) is 0 Å². The molecule has 0 saturated heterocycles. The molecule has 0 heterocycles. The van der Waals surface area contributed by atoms with Crippen molar-refractivity contribution in [3.63, 3.8) is 0 Å². The van der Waals surface area contributed by atoms with E-state index in [2.05, 4.69) is 4.72 Å². The fourth-order valence-corrected chi connectivity index (χ4v) is 2.08. The Hall–Kier alpha value is -1.40. The van der Waals surface area contributed by atoms with Gasteiger partial charge in [0.2, 0.25) is 10.0 Å². The van der Waals surface area contributed by atoms with Crippen LogP contribution in [0, 0.1) is 0 Å². The fourth-order valence-electron chi connectivity index (χ4n) is 1.30. The van der Waals surface area contributed by atoms with Crippen LogP contribution < -0.4 is 4.72 Å². The summed E-state index contributed by atoms with van der Waals surface area (Å²) in [5.74, 6) is -1.00. The molecule has 2 N–H and O–H groups in total. The first-order chi connectivity index (χ1) is 7.29. The second kappa shape index (κ2) is 4.63. The van der Waals surface area contributed by atoms with Crippen molar-refractivity contribution in [2.75, 3.05) is 6.26 Å². The molecule has 1 atom stereocenters. The molecular weight excluding hydrogens is 230 g/mol.